The molecule has 88 valence electrons. The highest BCUT2D eigenvalue weighted by atomic mass is 35.5. The molecule has 0 saturated carbocycles. The third kappa shape index (κ3) is 2.14. The molecule has 0 fully saturated rings. The molecule has 0 unspecified atom stereocenters. The van der Waals surface area contributed by atoms with Gasteiger partial charge in [-0.2, -0.15) is 0 Å². The zero-order valence-electron chi connectivity index (χ0n) is 9.73. The quantitative estimate of drug-likeness (QED) is 0.733. The monoisotopic (exact) mass is 244 g/mol. The summed E-state index contributed by atoms with van der Waals surface area (Å²) in [6, 6.07) is 3.34. The lowest BCUT2D eigenvalue weighted by Gasteiger charge is -2.02. The third-order valence-corrected chi connectivity index (χ3v) is 2.34. The van der Waals surface area contributed by atoms with E-state index >= 15 is 0 Å². The molecule has 4 heteroatoms. The van der Waals surface area contributed by atoms with E-state index in [4.69, 9.17) is 20.8 Å². The molecule has 2 nitrogen and oxygen atoms in total. The minimum absolute atomic E-state index is 0.0348. The molecule has 0 bridgehead atoms. The van der Waals surface area contributed by atoms with Crippen LogP contribution in [0.5, 0.6) is 5.75 Å². The zero-order chi connectivity index (χ0) is 12.3. The van der Waals surface area contributed by atoms with E-state index in [0.29, 0.717) is 11.3 Å². The van der Waals surface area contributed by atoms with Crippen LogP contribution in [-0.2, 0) is 0 Å². The number of methoxy groups -OCH3 is 1. The normalized spacial score (nSPS) is 9.88. The highest BCUT2D eigenvalue weighted by molar-refractivity contribution is 6.35. The van der Waals surface area contributed by atoms with Crippen LogP contribution in [0.15, 0.2) is 16.5 Å². The number of hydrogen-bond donors (Lipinski definition) is 0. The Labute approximate surface area is 99.0 Å². The maximum Gasteiger partial charge on any atom is 0.187 e. The number of rotatable bonds is 1. The van der Waals surface area contributed by atoms with Gasteiger partial charge in [-0.05, 0) is 19.1 Å². The van der Waals surface area contributed by atoms with Gasteiger partial charge in [-0.25, -0.2) is 4.39 Å². The van der Waals surface area contributed by atoms with Gasteiger partial charge in [-0.1, -0.05) is 25.4 Å². The van der Waals surface area contributed by atoms with Gasteiger partial charge in [0.1, 0.15) is 10.8 Å². The molecular weight excluding hydrogens is 231 g/mol. The van der Waals surface area contributed by atoms with Crippen LogP contribution in [0.2, 0.25) is 5.02 Å². The first-order valence-corrected chi connectivity index (χ1v) is 5.43. The number of fused-ring (bicyclic) bond motifs is 1. The van der Waals surface area contributed by atoms with E-state index in [1.54, 1.807) is 19.1 Å². The average Bonchev–Trinajstić information content (AvgIpc) is 2.67. The Bertz CT molecular complexity index is 491. The number of ether oxygens (including phenoxy) is 1. The Hall–Kier alpha value is -1.22. The summed E-state index contributed by atoms with van der Waals surface area (Å²) in [7, 11) is 1.40. The summed E-state index contributed by atoms with van der Waals surface area (Å²) in [5, 5.41) is 0.707. The van der Waals surface area contributed by atoms with Gasteiger partial charge in [-0.15, -0.1) is 0 Å². The number of hydrogen-bond acceptors (Lipinski definition) is 2. The second-order valence-corrected chi connectivity index (χ2v) is 3.36. The molecule has 0 atom stereocenters. The molecule has 0 aliphatic carbocycles. The largest absolute Gasteiger partial charge is 0.494 e. The molecule has 0 radical (unpaired) electrons. The zero-order valence-corrected chi connectivity index (χ0v) is 10.5. The SMILES string of the molecule is CC.COc1cc2cc(C)oc2c(Cl)c1F. The lowest BCUT2D eigenvalue weighted by molar-refractivity contribution is 0.387. The smallest absolute Gasteiger partial charge is 0.187 e. The fourth-order valence-electron chi connectivity index (χ4n) is 1.37. The second kappa shape index (κ2) is 5.21. The molecule has 1 aromatic carbocycles. The van der Waals surface area contributed by atoms with Crippen molar-refractivity contribution < 1.29 is 13.5 Å². The molecule has 2 aromatic rings. The van der Waals surface area contributed by atoms with Crippen LogP contribution in [0.25, 0.3) is 11.0 Å². The van der Waals surface area contributed by atoms with E-state index < -0.39 is 5.82 Å². The summed E-state index contributed by atoms with van der Waals surface area (Å²) in [6.07, 6.45) is 0. The molecule has 0 amide bonds. The fourth-order valence-corrected chi connectivity index (χ4v) is 1.61. The topological polar surface area (TPSA) is 22.4 Å². The lowest BCUT2D eigenvalue weighted by Crippen LogP contribution is -1.88. The Balaban J connectivity index is 0.000000606. The van der Waals surface area contributed by atoms with Crippen LogP contribution in [-0.4, -0.2) is 7.11 Å². The van der Waals surface area contributed by atoms with Crippen molar-refractivity contribution in [3.05, 3.63) is 28.7 Å². The minimum Gasteiger partial charge on any atom is -0.494 e. The van der Waals surface area contributed by atoms with E-state index in [-0.39, 0.29) is 10.8 Å². The molecule has 16 heavy (non-hydrogen) atoms. The summed E-state index contributed by atoms with van der Waals surface area (Å²) < 4.78 is 23.5. The van der Waals surface area contributed by atoms with Gasteiger partial charge in [0.2, 0.25) is 0 Å². The maximum absolute atomic E-state index is 13.4. The van der Waals surface area contributed by atoms with Gasteiger partial charge in [-0.3, -0.25) is 0 Å². The van der Waals surface area contributed by atoms with Gasteiger partial charge in [0.15, 0.2) is 17.1 Å². The van der Waals surface area contributed by atoms with Crippen molar-refractivity contribution in [2.45, 2.75) is 20.8 Å². The summed E-state index contributed by atoms with van der Waals surface area (Å²) in [6.45, 7) is 5.78. The van der Waals surface area contributed by atoms with Crippen LogP contribution in [0.3, 0.4) is 0 Å². The molecule has 0 aliphatic heterocycles. The Kier molecular flexibility index (Phi) is 4.19. The van der Waals surface area contributed by atoms with Gasteiger partial charge in [0.25, 0.3) is 0 Å². The van der Waals surface area contributed by atoms with Crippen molar-refractivity contribution in [1.82, 2.24) is 0 Å². The predicted octanol–water partition coefficient (Wildman–Crippen LogP) is 4.57. The molecule has 2 rings (SSSR count). The van der Waals surface area contributed by atoms with Crippen molar-refractivity contribution in [1.29, 1.82) is 0 Å². The molecule has 0 aliphatic rings. The predicted molar refractivity (Wildman–Crippen MR) is 63.8 cm³/mol. The number of aryl methyl sites for hydroxylation is 1. The molecule has 1 aromatic heterocycles. The Morgan fingerprint density at radius 1 is 1.31 bits per heavy atom. The molecule has 1 heterocycles. The first-order chi connectivity index (χ1) is 7.63. The summed E-state index contributed by atoms with van der Waals surface area (Å²) in [5.74, 6) is 0.230. The van der Waals surface area contributed by atoms with Gasteiger partial charge in [0.05, 0.1) is 7.11 Å². The number of furan rings is 1. The highest BCUT2D eigenvalue weighted by Gasteiger charge is 2.15. The van der Waals surface area contributed by atoms with E-state index in [2.05, 4.69) is 0 Å². The molecule has 0 spiro atoms. The first kappa shape index (κ1) is 12.8. The van der Waals surface area contributed by atoms with Crippen LogP contribution in [0.4, 0.5) is 4.39 Å². The number of benzene rings is 1. The van der Waals surface area contributed by atoms with E-state index in [1.165, 1.54) is 7.11 Å². The number of halogens is 2. The minimum atomic E-state index is -0.587. The fraction of sp³-hybridized carbons (Fsp3) is 0.333. The van der Waals surface area contributed by atoms with Gasteiger partial charge >= 0.3 is 0 Å². The van der Waals surface area contributed by atoms with Crippen LogP contribution in [0.1, 0.15) is 19.6 Å². The van der Waals surface area contributed by atoms with Gasteiger partial charge < -0.3 is 9.15 Å². The third-order valence-electron chi connectivity index (χ3n) is 2.00. The Morgan fingerprint density at radius 2 is 1.94 bits per heavy atom. The van der Waals surface area contributed by atoms with Crippen molar-refractivity contribution in [2.24, 2.45) is 0 Å². The standard InChI is InChI=1S/C10H8ClFO2.C2H6/c1-5-3-6-4-7(13-2)9(12)8(11)10(6)14-5;1-2/h3-4H,1-2H3;1-2H3. The Morgan fingerprint density at radius 3 is 2.50 bits per heavy atom. The lowest BCUT2D eigenvalue weighted by atomic mass is 10.2. The summed E-state index contributed by atoms with van der Waals surface area (Å²) >= 11 is 5.77. The molecular formula is C12H14ClFO2. The summed E-state index contributed by atoms with van der Waals surface area (Å²) in [4.78, 5) is 0. The van der Waals surface area contributed by atoms with Crippen LogP contribution >= 0.6 is 11.6 Å². The molecule has 0 saturated heterocycles. The van der Waals surface area contributed by atoms with Crippen molar-refractivity contribution in [3.63, 3.8) is 0 Å². The van der Waals surface area contributed by atoms with Crippen molar-refractivity contribution >= 4 is 22.6 Å². The summed E-state index contributed by atoms with van der Waals surface area (Å²) in [5.41, 5.74) is 0.363. The van der Waals surface area contributed by atoms with E-state index in [0.717, 1.165) is 5.39 Å². The first-order valence-electron chi connectivity index (χ1n) is 5.05. The van der Waals surface area contributed by atoms with Gasteiger partial charge in [0, 0.05) is 5.39 Å². The highest BCUT2D eigenvalue weighted by Crippen LogP contribution is 2.34. The van der Waals surface area contributed by atoms with Crippen LogP contribution < -0.4 is 4.74 Å². The van der Waals surface area contributed by atoms with Crippen molar-refractivity contribution in [3.8, 4) is 5.75 Å². The van der Waals surface area contributed by atoms with Crippen molar-refractivity contribution in [2.75, 3.05) is 7.11 Å². The van der Waals surface area contributed by atoms with E-state index in [1.807, 2.05) is 13.8 Å². The van der Waals surface area contributed by atoms with Crippen LogP contribution in [0, 0.1) is 12.7 Å². The second-order valence-electron chi connectivity index (χ2n) is 2.98. The van der Waals surface area contributed by atoms with E-state index in [9.17, 15) is 4.39 Å². The molecule has 0 N–H and O–H groups in total. The maximum atomic E-state index is 13.4. The average molecular weight is 245 g/mol.